The van der Waals surface area contributed by atoms with Crippen molar-refractivity contribution >= 4 is 21.6 Å². The lowest BCUT2D eigenvalue weighted by atomic mass is 10.2. The largest absolute Gasteiger partial charge is 0.318 e. The molecule has 0 aromatic rings. The second-order valence-corrected chi connectivity index (χ2v) is 5.65. The van der Waals surface area contributed by atoms with Crippen molar-refractivity contribution in [2.45, 2.75) is 18.6 Å². The van der Waals surface area contributed by atoms with Crippen molar-refractivity contribution < 1.29 is 0 Å². The van der Waals surface area contributed by atoms with Gasteiger partial charge in [0.25, 0.3) is 0 Å². The van der Waals surface area contributed by atoms with E-state index >= 15 is 0 Å². The second kappa shape index (κ2) is 4.47. The van der Waals surface area contributed by atoms with Gasteiger partial charge in [-0.3, -0.25) is 0 Å². The molecule has 1 N–H and O–H groups in total. The van der Waals surface area contributed by atoms with Crippen molar-refractivity contribution in [1.29, 1.82) is 0 Å². The van der Waals surface area contributed by atoms with Crippen molar-refractivity contribution in [1.82, 2.24) is 5.32 Å². The Labute approximate surface area is 65.8 Å². The maximum absolute atomic E-state index is 3.16. The maximum atomic E-state index is 3.16. The Morgan fingerprint density at radius 2 is 2.00 bits per heavy atom. The summed E-state index contributed by atoms with van der Waals surface area (Å²) in [4.78, 5) is 0. The lowest BCUT2D eigenvalue weighted by molar-refractivity contribution is 0.646. The van der Waals surface area contributed by atoms with Crippen LogP contribution in [0.5, 0.6) is 0 Å². The molecule has 56 valence electrons. The number of nitrogens with one attached hydrogen (secondary N) is 1. The van der Waals surface area contributed by atoms with Crippen LogP contribution in [0, 0.1) is 0 Å². The summed E-state index contributed by atoms with van der Waals surface area (Å²) >= 11 is 0. The first-order chi connectivity index (χ1) is 4.12. The Kier molecular flexibility index (Phi) is 4.80. The Hall–Kier alpha value is 0.660. The van der Waals surface area contributed by atoms with E-state index in [1.807, 2.05) is 28.6 Å². The molecule has 9 heavy (non-hydrogen) atoms. The van der Waals surface area contributed by atoms with Gasteiger partial charge in [-0.25, -0.2) is 0 Å². The van der Waals surface area contributed by atoms with Gasteiger partial charge < -0.3 is 5.32 Å². The van der Waals surface area contributed by atoms with Crippen molar-refractivity contribution in [3.8, 4) is 0 Å². The van der Waals surface area contributed by atoms with Crippen LogP contribution in [0.4, 0.5) is 0 Å². The quantitative estimate of drug-likeness (QED) is 0.640. The van der Waals surface area contributed by atoms with Crippen molar-refractivity contribution in [2.24, 2.45) is 0 Å². The first-order valence-corrected chi connectivity index (χ1v) is 5.54. The zero-order valence-corrected chi connectivity index (χ0v) is 8.16. The van der Waals surface area contributed by atoms with Gasteiger partial charge in [0.05, 0.1) is 0 Å². The fourth-order valence-electron chi connectivity index (χ4n) is 0.681. The molecule has 0 spiro atoms. The fourth-order valence-corrected chi connectivity index (χ4v) is 2.87. The summed E-state index contributed by atoms with van der Waals surface area (Å²) in [6, 6.07) is 0. The number of rotatable bonds is 4. The van der Waals surface area contributed by atoms with E-state index in [0.29, 0.717) is 4.75 Å². The molecule has 0 heterocycles. The molecule has 0 fully saturated rings. The van der Waals surface area contributed by atoms with E-state index in [4.69, 9.17) is 0 Å². The summed E-state index contributed by atoms with van der Waals surface area (Å²) in [6.07, 6.45) is 2.11. The lowest BCUT2D eigenvalue weighted by Crippen LogP contribution is -2.28. The first-order valence-electron chi connectivity index (χ1n) is 2.99. The third-order valence-corrected chi connectivity index (χ3v) is 3.53. The van der Waals surface area contributed by atoms with Crippen LogP contribution in [0.25, 0.3) is 0 Å². The van der Waals surface area contributed by atoms with E-state index in [-0.39, 0.29) is 0 Å². The molecule has 3 heteroatoms. The molecular formula is C6H15NS2. The Bertz CT molecular complexity index is 65.5. The van der Waals surface area contributed by atoms with Crippen LogP contribution < -0.4 is 5.32 Å². The molecule has 0 rings (SSSR count). The molecule has 0 atom stereocenters. The minimum absolute atomic E-state index is 0.369. The molecule has 0 saturated carbocycles. The monoisotopic (exact) mass is 165 g/mol. The third kappa shape index (κ3) is 5.12. The van der Waals surface area contributed by atoms with E-state index in [1.54, 1.807) is 0 Å². The van der Waals surface area contributed by atoms with Gasteiger partial charge in [0.15, 0.2) is 0 Å². The molecule has 1 nitrogen and oxygen atoms in total. The van der Waals surface area contributed by atoms with E-state index < -0.39 is 0 Å². The van der Waals surface area contributed by atoms with Gasteiger partial charge in [0.2, 0.25) is 0 Å². The van der Waals surface area contributed by atoms with Crippen molar-refractivity contribution in [3.63, 3.8) is 0 Å². The van der Waals surface area contributed by atoms with Crippen LogP contribution in [-0.4, -0.2) is 24.6 Å². The van der Waals surface area contributed by atoms with Crippen LogP contribution >= 0.6 is 21.6 Å². The number of hydrogen-bond acceptors (Lipinski definition) is 3. The van der Waals surface area contributed by atoms with Gasteiger partial charge in [-0.15, -0.1) is 0 Å². The zero-order valence-electron chi connectivity index (χ0n) is 6.52. The molecule has 0 aromatic carbocycles. The van der Waals surface area contributed by atoms with E-state index in [0.717, 1.165) is 6.54 Å². The first kappa shape index (κ1) is 9.66. The predicted molar refractivity (Wildman–Crippen MR) is 49.1 cm³/mol. The van der Waals surface area contributed by atoms with Gasteiger partial charge in [0.1, 0.15) is 0 Å². The molecule has 0 bridgehead atoms. The highest BCUT2D eigenvalue weighted by atomic mass is 33.1. The third-order valence-electron chi connectivity index (χ3n) is 0.911. The maximum Gasteiger partial charge on any atom is 0.0331 e. The molecule has 0 aliphatic heterocycles. The summed E-state index contributed by atoms with van der Waals surface area (Å²) in [7, 11) is 5.73. The highest BCUT2D eigenvalue weighted by molar-refractivity contribution is 8.76. The van der Waals surface area contributed by atoms with Crippen LogP contribution in [0.3, 0.4) is 0 Å². The Morgan fingerprint density at radius 3 is 2.33 bits per heavy atom. The van der Waals surface area contributed by atoms with Gasteiger partial charge in [-0.05, 0) is 27.2 Å². The summed E-state index contributed by atoms with van der Waals surface area (Å²) in [5, 5.41) is 3.16. The highest BCUT2D eigenvalue weighted by Crippen LogP contribution is 2.32. The molecule has 0 aliphatic carbocycles. The van der Waals surface area contributed by atoms with Crippen LogP contribution in [0.15, 0.2) is 0 Å². The van der Waals surface area contributed by atoms with E-state index in [2.05, 4.69) is 25.4 Å². The minimum atomic E-state index is 0.369. The highest BCUT2D eigenvalue weighted by Gasteiger charge is 2.15. The summed E-state index contributed by atoms with van der Waals surface area (Å²) in [5.41, 5.74) is 0. The summed E-state index contributed by atoms with van der Waals surface area (Å²) in [5.74, 6) is 0. The fraction of sp³-hybridized carbons (Fsp3) is 1.00. The molecule has 0 saturated heterocycles. The van der Waals surface area contributed by atoms with Gasteiger partial charge in [-0.2, -0.15) is 0 Å². The van der Waals surface area contributed by atoms with E-state index in [1.165, 1.54) is 0 Å². The van der Waals surface area contributed by atoms with Gasteiger partial charge >= 0.3 is 0 Å². The summed E-state index contributed by atoms with van der Waals surface area (Å²) < 4.78 is 0.369. The van der Waals surface area contributed by atoms with Crippen LogP contribution in [0.1, 0.15) is 13.8 Å². The average Bonchev–Trinajstić information content (AvgIpc) is 1.64. The van der Waals surface area contributed by atoms with Crippen molar-refractivity contribution in [3.05, 3.63) is 0 Å². The van der Waals surface area contributed by atoms with Gasteiger partial charge in [0, 0.05) is 11.3 Å². The number of hydrogen-bond donors (Lipinski definition) is 1. The molecule has 0 amide bonds. The molecule has 0 unspecified atom stereocenters. The molecular weight excluding hydrogens is 150 g/mol. The Morgan fingerprint density at radius 1 is 1.44 bits per heavy atom. The zero-order chi connectivity index (χ0) is 7.33. The minimum Gasteiger partial charge on any atom is -0.318 e. The molecule has 0 radical (unpaired) electrons. The Balaban J connectivity index is 3.43. The van der Waals surface area contributed by atoms with Crippen molar-refractivity contribution in [2.75, 3.05) is 19.8 Å². The average molecular weight is 165 g/mol. The molecule has 0 aromatic heterocycles. The normalized spacial score (nSPS) is 12.0. The lowest BCUT2D eigenvalue weighted by Gasteiger charge is -2.21. The topological polar surface area (TPSA) is 12.0 Å². The SMILES string of the molecule is CNCC(C)(C)SSC. The predicted octanol–water partition coefficient (Wildman–Crippen LogP) is 2.00. The van der Waals surface area contributed by atoms with Gasteiger partial charge in [-0.1, -0.05) is 21.6 Å². The second-order valence-electron chi connectivity index (χ2n) is 2.54. The van der Waals surface area contributed by atoms with Crippen LogP contribution in [-0.2, 0) is 0 Å². The smallest absolute Gasteiger partial charge is 0.0331 e. The van der Waals surface area contributed by atoms with E-state index in [9.17, 15) is 0 Å². The molecule has 0 aliphatic rings. The summed E-state index contributed by atoms with van der Waals surface area (Å²) in [6.45, 7) is 5.55. The standard InChI is InChI=1S/C6H15NS2/c1-6(2,5-7-3)9-8-4/h7H,5H2,1-4H3. The van der Waals surface area contributed by atoms with Crippen LogP contribution in [0.2, 0.25) is 0 Å².